The molecule has 1 rings (SSSR count). The van der Waals surface area contributed by atoms with Crippen molar-refractivity contribution >= 4 is 10.0 Å². The van der Waals surface area contributed by atoms with Gasteiger partial charge in [0, 0.05) is 12.1 Å². The van der Waals surface area contributed by atoms with E-state index in [1.807, 2.05) is 6.07 Å². The van der Waals surface area contributed by atoms with E-state index in [2.05, 4.69) is 9.88 Å². The number of nitriles is 1. The highest BCUT2D eigenvalue weighted by atomic mass is 32.2. The molecule has 1 N–H and O–H groups in total. The Labute approximate surface area is 94.3 Å². The molecule has 0 saturated carbocycles. The second-order valence-corrected chi connectivity index (χ2v) is 5.32. The SMILES string of the molecule is Cc1cc(CS(=O)(=O)NC(C)CC#N)no1. The van der Waals surface area contributed by atoms with Crippen molar-refractivity contribution < 1.29 is 12.9 Å². The minimum absolute atomic E-state index is 0.136. The van der Waals surface area contributed by atoms with Gasteiger partial charge in [0.15, 0.2) is 0 Å². The number of sulfonamides is 1. The summed E-state index contributed by atoms with van der Waals surface area (Å²) >= 11 is 0. The minimum Gasteiger partial charge on any atom is -0.361 e. The van der Waals surface area contributed by atoms with Crippen molar-refractivity contribution in [3.8, 4) is 6.07 Å². The van der Waals surface area contributed by atoms with Gasteiger partial charge in [-0.2, -0.15) is 5.26 Å². The molecule has 16 heavy (non-hydrogen) atoms. The number of hydrogen-bond donors (Lipinski definition) is 1. The van der Waals surface area contributed by atoms with Gasteiger partial charge in [-0.3, -0.25) is 0 Å². The average molecular weight is 243 g/mol. The van der Waals surface area contributed by atoms with Crippen LogP contribution in [-0.4, -0.2) is 19.6 Å². The average Bonchev–Trinajstić information content (AvgIpc) is 2.49. The normalized spacial score (nSPS) is 13.3. The molecule has 1 atom stereocenters. The first kappa shape index (κ1) is 12.7. The molecule has 0 spiro atoms. The van der Waals surface area contributed by atoms with Gasteiger partial charge >= 0.3 is 0 Å². The summed E-state index contributed by atoms with van der Waals surface area (Å²) in [4.78, 5) is 0. The van der Waals surface area contributed by atoms with Crippen LogP contribution in [0.1, 0.15) is 24.8 Å². The first-order chi connectivity index (χ1) is 7.43. The Bertz CT molecular complexity index is 486. The van der Waals surface area contributed by atoms with Crippen LogP contribution in [-0.2, 0) is 15.8 Å². The summed E-state index contributed by atoms with van der Waals surface area (Å²) in [6.07, 6.45) is 0.136. The highest BCUT2D eigenvalue weighted by Crippen LogP contribution is 2.06. The van der Waals surface area contributed by atoms with Gasteiger partial charge in [-0.15, -0.1) is 0 Å². The predicted molar refractivity (Wildman–Crippen MR) is 56.7 cm³/mol. The fraction of sp³-hybridized carbons (Fsp3) is 0.556. The third kappa shape index (κ3) is 4.00. The zero-order valence-corrected chi connectivity index (χ0v) is 9.91. The van der Waals surface area contributed by atoms with Crippen molar-refractivity contribution in [3.63, 3.8) is 0 Å². The number of aromatic nitrogens is 1. The number of rotatable bonds is 5. The lowest BCUT2D eigenvalue weighted by Gasteiger charge is -2.09. The third-order valence-corrected chi connectivity index (χ3v) is 3.23. The van der Waals surface area contributed by atoms with Gasteiger partial charge in [0.05, 0.1) is 12.5 Å². The number of nitrogens with one attached hydrogen (secondary N) is 1. The number of hydrogen-bond acceptors (Lipinski definition) is 5. The molecule has 0 aromatic carbocycles. The predicted octanol–water partition coefficient (Wildman–Crippen LogP) is 0.705. The van der Waals surface area contributed by atoms with E-state index in [-0.39, 0.29) is 12.2 Å². The molecule has 7 heteroatoms. The van der Waals surface area contributed by atoms with E-state index >= 15 is 0 Å². The molecule has 0 amide bonds. The van der Waals surface area contributed by atoms with Crippen LogP contribution in [0.5, 0.6) is 0 Å². The number of nitrogens with zero attached hydrogens (tertiary/aromatic N) is 2. The summed E-state index contributed by atoms with van der Waals surface area (Å²) in [5.41, 5.74) is 0.356. The molecule has 0 aliphatic carbocycles. The van der Waals surface area contributed by atoms with Gasteiger partial charge in [0.2, 0.25) is 10.0 Å². The van der Waals surface area contributed by atoms with E-state index in [1.54, 1.807) is 19.9 Å². The molecule has 0 aliphatic rings. The van der Waals surface area contributed by atoms with Crippen LogP contribution in [0.2, 0.25) is 0 Å². The van der Waals surface area contributed by atoms with Crippen molar-refractivity contribution in [1.29, 1.82) is 5.26 Å². The Balaban J connectivity index is 2.62. The summed E-state index contributed by atoms with van der Waals surface area (Å²) in [5, 5.41) is 12.0. The molecular weight excluding hydrogens is 230 g/mol. The zero-order valence-electron chi connectivity index (χ0n) is 9.10. The van der Waals surface area contributed by atoms with Gasteiger partial charge in [-0.1, -0.05) is 5.16 Å². The first-order valence-electron chi connectivity index (χ1n) is 4.72. The molecule has 0 bridgehead atoms. The van der Waals surface area contributed by atoms with E-state index < -0.39 is 16.1 Å². The highest BCUT2D eigenvalue weighted by molar-refractivity contribution is 7.88. The van der Waals surface area contributed by atoms with Gasteiger partial charge in [0.1, 0.15) is 17.2 Å². The molecule has 0 radical (unpaired) electrons. The fourth-order valence-electron chi connectivity index (χ4n) is 1.21. The quantitative estimate of drug-likeness (QED) is 0.821. The third-order valence-electron chi connectivity index (χ3n) is 1.79. The molecule has 88 valence electrons. The monoisotopic (exact) mass is 243 g/mol. The largest absolute Gasteiger partial charge is 0.361 e. The lowest BCUT2D eigenvalue weighted by atomic mass is 10.3. The summed E-state index contributed by atoms with van der Waals surface area (Å²) in [7, 11) is -3.47. The Hall–Kier alpha value is -1.39. The minimum atomic E-state index is -3.47. The molecular formula is C9H13N3O3S. The molecule has 1 aromatic heterocycles. The van der Waals surface area contributed by atoms with Crippen LogP contribution in [0, 0.1) is 18.3 Å². The summed E-state index contributed by atoms with van der Waals surface area (Å²) < 4.78 is 30.3. The van der Waals surface area contributed by atoms with E-state index in [4.69, 9.17) is 9.78 Å². The molecule has 0 saturated heterocycles. The van der Waals surface area contributed by atoms with Crippen molar-refractivity contribution in [2.24, 2.45) is 0 Å². The van der Waals surface area contributed by atoms with Gasteiger partial charge in [-0.05, 0) is 13.8 Å². The number of aryl methyl sites for hydroxylation is 1. The summed E-state index contributed by atoms with van der Waals surface area (Å²) in [5.74, 6) is 0.329. The van der Waals surface area contributed by atoms with E-state index in [9.17, 15) is 8.42 Å². The lowest BCUT2D eigenvalue weighted by molar-refractivity contribution is 0.392. The van der Waals surface area contributed by atoms with Crippen molar-refractivity contribution in [2.75, 3.05) is 0 Å². The maximum atomic E-state index is 11.6. The summed E-state index contributed by atoms with van der Waals surface area (Å²) in [6, 6.07) is 3.06. The van der Waals surface area contributed by atoms with Gasteiger partial charge < -0.3 is 4.52 Å². The highest BCUT2D eigenvalue weighted by Gasteiger charge is 2.17. The Morgan fingerprint density at radius 3 is 2.88 bits per heavy atom. The van der Waals surface area contributed by atoms with Crippen LogP contribution in [0.4, 0.5) is 0 Å². The van der Waals surface area contributed by atoms with Crippen LogP contribution in [0.15, 0.2) is 10.6 Å². The fourth-order valence-corrected chi connectivity index (χ4v) is 2.51. The molecule has 1 heterocycles. The van der Waals surface area contributed by atoms with Crippen LogP contribution >= 0.6 is 0 Å². The Morgan fingerprint density at radius 2 is 2.38 bits per heavy atom. The van der Waals surface area contributed by atoms with E-state index in [0.29, 0.717) is 11.5 Å². The first-order valence-corrected chi connectivity index (χ1v) is 6.37. The standard InChI is InChI=1S/C9H13N3O3S/c1-7(3-4-10)12-16(13,14)6-9-5-8(2)15-11-9/h5,7,12H,3,6H2,1-2H3. The van der Waals surface area contributed by atoms with E-state index in [1.165, 1.54) is 0 Å². The van der Waals surface area contributed by atoms with Crippen molar-refractivity contribution in [1.82, 2.24) is 9.88 Å². The molecule has 1 unspecified atom stereocenters. The van der Waals surface area contributed by atoms with Crippen LogP contribution in [0.3, 0.4) is 0 Å². The zero-order chi connectivity index (χ0) is 12.2. The van der Waals surface area contributed by atoms with Crippen molar-refractivity contribution in [2.45, 2.75) is 32.1 Å². The van der Waals surface area contributed by atoms with Gasteiger partial charge in [-0.25, -0.2) is 13.1 Å². The molecule has 0 fully saturated rings. The molecule has 6 nitrogen and oxygen atoms in total. The topological polar surface area (TPSA) is 96.0 Å². The molecule has 1 aromatic rings. The van der Waals surface area contributed by atoms with Crippen LogP contribution < -0.4 is 4.72 Å². The van der Waals surface area contributed by atoms with E-state index in [0.717, 1.165) is 0 Å². The molecule has 0 aliphatic heterocycles. The lowest BCUT2D eigenvalue weighted by Crippen LogP contribution is -2.33. The summed E-state index contributed by atoms with van der Waals surface area (Å²) in [6.45, 7) is 3.32. The van der Waals surface area contributed by atoms with Crippen LogP contribution in [0.25, 0.3) is 0 Å². The maximum absolute atomic E-state index is 11.6. The second-order valence-electron chi connectivity index (χ2n) is 3.57. The second kappa shape index (κ2) is 5.09. The Morgan fingerprint density at radius 1 is 1.69 bits per heavy atom. The van der Waals surface area contributed by atoms with Gasteiger partial charge in [0.25, 0.3) is 0 Å². The maximum Gasteiger partial charge on any atom is 0.217 e. The smallest absolute Gasteiger partial charge is 0.217 e. The van der Waals surface area contributed by atoms with Crippen molar-refractivity contribution in [3.05, 3.63) is 17.5 Å². The Kier molecular flexibility index (Phi) is 4.04.